The Labute approximate surface area is 101 Å². The lowest BCUT2D eigenvalue weighted by atomic mass is 10.3. The molecular weight excluding hydrogens is 248 g/mol. The summed E-state index contributed by atoms with van der Waals surface area (Å²) in [5, 5.41) is 0. The minimum atomic E-state index is -3.21. The molecule has 1 aromatic heterocycles. The lowest BCUT2D eigenvalue weighted by Gasteiger charge is -2.15. The van der Waals surface area contributed by atoms with Crippen molar-refractivity contribution in [3.63, 3.8) is 0 Å². The molecule has 0 spiro atoms. The first-order chi connectivity index (χ1) is 7.56. The lowest BCUT2D eigenvalue weighted by Crippen LogP contribution is -2.31. The highest BCUT2D eigenvalue weighted by Gasteiger charge is 2.16. The van der Waals surface area contributed by atoms with E-state index >= 15 is 0 Å². The molecule has 0 N–H and O–H groups in total. The Morgan fingerprint density at radius 2 is 2.19 bits per heavy atom. The Kier molecular flexibility index (Phi) is 5.18. The van der Waals surface area contributed by atoms with Gasteiger partial charge in [0, 0.05) is 37.8 Å². The van der Waals surface area contributed by atoms with E-state index in [0.29, 0.717) is 18.8 Å². The summed E-state index contributed by atoms with van der Waals surface area (Å²) in [5.74, 6) is 0.372. The number of alkyl halides is 1. The third-order valence-corrected chi connectivity index (χ3v) is 4.24. The molecule has 0 radical (unpaired) electrons. The number of aryl methyl sites for hydroxylation is 1. The molecule has 4 nitrogen and oxygen atoms in total. The first-order valence-corrected chi connectivity index (χ1v) is 7.10. The fourth-order valence-electron chi connectivity index (χ4n) is 1.19. The maximum Gasteiger partial charge on any atom is 0.214 e. The molecule has 0 aliphatic heterocycles. The Bertz CT molecular complexity index is 408. The van der Waals surface area contributed by atoms with Crippen molar-refractivity contribution < 1.29 is 8.42 Å². The molecule has 0 aromatic carbocycles. The maximum absolute atomic E-state index is 11.7. The average Bonchev–Trinajstić information content (AvgIpc) is 2.28. The van der Waals surface area contributed by atoms with Crippen LogP contribution < -0.4 is 0 Å². The summed E-state index contributed by atoms with van der Waals surface area (Å²) in [5.41, 5.74) is 0.783. The van der Waals surface area contributed by atoms with Crippen LogP contribution in [0.2, 0.25) is 0 Å². The summed E-state index contributed by atoms with van der Waals surface area (Å²) in [4.78, 5) is 4.08. The molecule has 0 atom stereocenters. The van der Waals surface area contributed by atoms with Crippen molar-refractivity contribution in [1.29, 1.82) is 0 Å². The summed E-state index contributed by atoms with van der Waals surface area (Å²) in [6.07, 6.45) is 2.08. The van der Waals surface area contributed by atoms with Crippen molar-refractivity contribution in [2.75, 3.05) is 25.2 Å². The number of pyridine rings is 1. The van der Waals surface area contributed by atoms with Gasteiger partial charge in [-0.1, -0.05) is 6.07 Å². The summed E-state index contributed by atoms with van der Waals surface area (Å²) in [6, 6.07) is 5.46. The summed E-state index contributed by atoms with van der Waals surface area (Å²) < 4.78 is 24.7. The van der Waals surface area contributed by atoms with Crippen LogP contribution >= 0.6 is 11.6 Å². The van der Waals surface area contributed by atoms with Gasteiger partial charge in [0.15, 0.2) is 0 Å². The number of rotatable bonds is 6. The quantitative estimate of drug-likeness (QED) is 0.722. The molecule has 1 aromatic rings. The van der Waals surface area contributed by atoms with Gasteiger partial charge in [0.2, 0.25) is 10.0 Å². The molecule has 16 heavy (non-hydrogen) atoms. The van der Waals surface area contributed by atoms with Gasteiger partial charge in [-0.25, -0.2) is 12.7 Å². The molecule has 0 saturated heterocycles. The van der Waals surface area contributed by atoms with Crippen LogP contribution in [0, 0.1) is 0 Å². The molecule has 0 amide bonds. The van der Waals surface area contributed by atoms with E-state index in [4.69, 9.17) is 11.6 Å². The Morgan fingerprint density at radius 1 is 1.44 bits per heavy atom. The molecule has 0 bridgehead atoms. The van der Waals surface area contributed by atoms with Gasteiger partial charge in [-0.05, 0) is 12.1 Å². The Hall–Kier alpha value is -0.650. The van der Waals surface area contributed by atoms with Gasteiger partial charge in [-0.3, -0.25) is 4.98 Å². The predicted molar refractivity (Wildman–Crippen MR) is 65.1 cm³/mol. The van der Waals surface area contributed by atoms with Crippen LogP contribution in [0.15, 0.2) is 24.4 Å². The van der Waals surface area contributed by atoms with E-state index in [1.54, 1.807) is 12.3 Å². The van der Waals surface area contributed by atoms with E-state index in [-0.39, 0.29) is 5.75 Å². The minimum absolute atomic E-state index is 0.0669. The van der Waals surface area contributed by atoms with Crippen LogP contribution in [0.1, 0.15) is 5.69 Å². The number of aromatic nitrogens is 1. The minimum Gasteiger partial charge on any atom is -0.261 e. The van der Waals surface area contributed by atoms with Gasteiger partial charge in [0.1, 0.15) is 0 Å². The monoisotopic (exact) mass is 262 g/mol. The van der Waals surface area contributed by atoms with E-state index in [9.17, 15) is 8.42 Å². The molecule has 0 aliphatic rings. The second kappa shape index (κ2) is 6.18. The van der Waals surface area contributed by atoms with Crippen LogP contribution in [-0.2, 0) is 16.4 Å². The molecule has 0 saturated carbocycles. The standard InChI is InChI=1S/C10H15ClN2O2S/c1-13(8-6-11)16(14,15)9-5-10-4-2-3-7-12-10/h2-4,7H,5-6,8-9H2,1H3. The van der Waals surface area contributed by atoms with Crippen LogP contribution in [0.5, 0.6) is 0 Å². The van der Waals surface area contributed by atoms with E-state index in [2.05, 4.69) is 4.98 Å². The van der Waals surface area contributed by atoms with Crippen molar-refractivity contribution >= 4 is 21.6 Å². The van der Waals surface area contributed by atoms with E-state index in [0.717, 1.165) is 5.69 Å². The second-order valence-corrected chi connectivity index (χ2v) is 5.97. The lowest BCUT2D eigenvalue weighted by molar-refractivity contribution is 0.487. The molecular formula is C10H15ClN2O2S. The maximum atomic E-state index is 11.7. The molecule has 1 rings (SSSR count). The van der Waals surface area contributed by atoms with Gasteiger partial charge >= 0.3 is 0 Å². The zero-order chi connectivity index (χ0) is 12.0. The highest BCUT2D eigenvalue weighted by molar-refractivity contribution is 7.89. The molecule has 6 heteroatoms. The molecule has 0 fully saturated rings. The van der Waals surface area contributed by atoms with Crippen LogP contribution in [0.4, 0.5) is 0 Å². The molecule has 90 valence electrons. The van der Waals surface area contributed by atoms with Gasteiger partial charge < -0.3 is 0 Å². The largest absolute Gasteiger partial charge is 0.261 e. The Morgan fingerprint density at radius 3 is 2.75 bits per heavy atom. The van der Waals surface area contributed by atoms with Crippen molar-refractivity contribution in [2.24, 2.45) is 0 Å². The number of halogens is 1. The van der Waals surface area contributed by atoms with Gasteiger partial charge in [0.05, 0.1) is 5.75 Å². The third-order valence-electron chi connectivity index (χ3n) is 2.22. The second-order valence-electron chi connectivity index (χ2n) is 3.40. The van der Waals surface area contributed by atoms with Gasteiger partial charge in [-0.2, -0.15) is 0 Å². The first-order valence-electron chi connectivity index (χ1n) is 4.96. The smallest absolute Gasteiger partial charge is 0.214 e. The summed E-state index contributed by atoms with van der Waals surface area (Å²) >= 11 is 5.50. The van der Waals surface area contributed by atoms with Crippen molar-refractivity contribution in [3.05, 3.63) is 30.1 Å². The third kappa shape index (κ3) is 4.08. The van der Waals surface area contributed by atoms with Crippen LogP contribution in [-0.4, -0.2) is 42.9 Å². The predicted octanol–water partition coefficient (Wildman–Crippen LogP) is 1.12. The highest BCUT2D eigenvalue weighted by Crippen LogP contribution is 2.03. The normalized spacial score (nSPS) is 11.9. The summed E-state index contributed by atoms with van der Waals surface area (Å²) in [6.45, 7) is 0.339. The zero-order valence-electron chi connectivity index (χ0n) is 9.13. The fourth-order valence-corrected chi connectivity index (χ4v) is 2.70. The molecule has 0 unspecified atom stereocenters. The SMILES string of the molecule is CN(CCCl)S(=O)(=O)CCc1ccccn1. The molecule has 1 heterocycles. The number of hydrogen-bond donors (Lipinski definition) is 0. The van der Waals surface area contributed by atoms with Gasteiger partial charge in [0.25, 0.3) is 0 Å². The highest BCUT2D eigenvalue weighted by atomic mass is 35.5. The van der Waals surface area contributed by atoms with Crippen molar-refractivity contribution in [3.8, 4) is 0 Å². The Balaban J connectivity index is 2.55. The topological polar surface area (TPSA) is 50.3 Å². The number of nitrogens with zero attached hydrogens (tertiary/aromatic N) is 2. The van der Waals surface area contributed by atoms with Crippen LogP contribution in [0.25, 0.3) is 0 Å². The van der Waals surface area contributed by atoms with Crippen molar-refractivity contribution in [2.45, 2.75) is 6.42 Å². The van der Waals surface area contributed by atoms with E-state index in [1.807, 2.05) is 12.1 Å². The van der Waals surface area contributed by atoms with Gasteiger partial charge in [-0.15, -0.1) is 11.6 Å². The zero-order valence-corrected chi connectivity index (χ0v) is 10.7. The van der Waals surface area contributed by atoms with E-state index < -0.39 is 10.0 Å². The average molecular weight is 263 g/mol. The van der Waals surface area contributed by atoms with Crippen molar-refractivity contribution in [1.82, 2.24) is 9.29 Å². The van der Waals surface area contributed by atoms with Crippen LogP contribution in [0.3, 0.4) is 0 Å². The fraction of sp³-hybridized carbons (Fsp3) is 0.500. The number of hydrogen-bond acceptors (Lipinski definition) is 3. The first kappa shape index (κ1) is 13.4. The molecule has 0 aliphatic carbocycles. The summed E-state index contributed by atoms with van der Waals surface area (Å²) in [7, 11) is -1.67. The number of sulfonamides is 1. The van der Waals surface area contributed by atoms with E-state index in [1.165, 1.54) is 11.4 Å².